The molecule has 0 fully saturated rings. The highest BCUT2D eigenvalue weighted by Gasteiger charge is 2.39. The molecule has 3 nitrogen and oxygen atoms in total. The fraction of sp³-hybridized carbons (Fsp3) is 0.417. The van der Waals surface area contributed by atoms with Crippen molar-refractivity contribution in [2.75, 3.05) is 0 Å². The standard InChI is InChI=1S/C12H12F3NO2/c13-12(14,15)9-3-1-2-7-6(9)4-5-8(10(7)16)11(17)18/h1-3,8,10H,4-5,16H2,(H,17,18). The summed E-state index contributed by atoms with van der Waals surface area (Å²) in [6.45, 7) is 0. The third-order valence-electron chi connectivity index (χ3n) is 3.33. The number of rotatable bonds is 1. The van der Waals surface area contributed by atoms with Crippen LogP contribution in [0.2, 0.25) is 0 Å². The first-order valence-corrected chi connectivity index (χ1v) is 5.49. The second kappa shape index (κ2) is 4.28. The highest BCUT2D eigenvalue weighted by molar-refractivity contribution is 5.72. The lowest BCUT2D eigenvalue weighted by atomic mass is 9.78. The predicted octanol–water partition coefficient (Wildman–Crippen LogP) is 2.35. The highest BCUT2D eigenvalue weighted by Crippen LogP contribution is 2.40. The number of carboxylic acid groups (broad SMARTS) is 1. The summed E-state index contributed by atoms with van der Waals surface area (Å²) in [6, 6.07) is 2.87. The molecule has 1 aromatic carbocycles. The van der Waals surface area contributed by atoms with Gasteiger partial charge in [0.05, 0.1) is 11.5 Å². The number of fused-ring (bicyclic) bond motifs is 1. The zero-order valence-electron chi connectivity index (χ0n) is 9.37. The Morgan fingerprint density at radius 3 is 2.61 bits per heavy atom. The lowest BCUT2D eigenvalue weighted by molar-refractivity contribution is -0.143. The van der Waals surface area contributed by atoms with E-state index in [-0.39, 0.29) is 18.4 Å². The molecule has 2 unspecified atom stereocenters. The van der Waals surface area contributed by atoms with Gasteiger partial charge in [-0.25, -0.2) is 0 Å². The number of carboxylic acids is 1. The van der Waals surface area contributed by atoms with E-state index in [1.807, 2.05) is 0 Å². The number of hydrogen-bond acceptors (Lipinski definition) is 2. The van der Waals surface area contributed by atoms with Crippen LogP contribution in [0.3, 0.4) is 0 Å². The molecule has 0 aliphatic heterocycles. The third kappa shape index (κ3) is 2.08. The molecule has 1 aliphatic carbocycles. The van der Waals surface area contributed by atoms with Gasteiger partial charge in [0, 0.05) is 6.04 Å². The highest BCUT2D eigenvalue weighted by atomic mass is 19.4. The average Bonchev–Trinajstić information content (AvgIpc) is 2.27. The molecule has 0 amide bonds. The minimum absolute atomic E-state index is 0.0929. The van der Waals surface area contributed by atoms with E-state index in [1.54, 1.807) is 0 Å². The molecule has 98 valence electrons. The van der Waals surface area contributed by atoms with Gasteiger partial charge in [-0.05, 0) is 30.0 Å². The lowest BCUT2D eigenvalue weighted by Gasteiger charge is -2.30. The van der Waals surface area contributed by atoms with E-state index in [4.69, 9.17) is 10.8 Å². The Morgan fingerprint density at radius 1 is 1.39 bits per heavy atom. The first-order valence-electron chi connectivity index (χ1n) is 5.49. The molecule has 0 radical (unpaired) electrons. The molecule has 2 rings (SSSR count). The van der Waals surface area contributed by atoms with Gasteiger partial charge < -0.3 is 10.8 Å². The fourth-order valence-corrected chi connectivity index (χ4v) is 2.43. The minimum Gasteiger partial charge on any atom is -0.481 e. The molecule has 0 saturated heterocycles. The van der Waals surface area contributed by atoms with E-state index in [2.05, 4.69) is 0 Å². The van der Waals surface area contributed by atoms with Crippen LogP contribution in [0, 0.1) is 5.92 Å². The van der Waals surface area contributed by atoms with Gasteiger partial charge in [-0.15, -0.1) is 0 Å². The molecule has 0 bridgehead atoms. The van der Waals surface area contributed by atoms with Gasteiger partial charge in [-0.2, -0.15) is 13.2 Å². The second-order valence-corrected chi connectivity index (χ2v) is 4.38. The number of hydrogen-bond donors (Lipinski definition) is 2. The molecule has 1 aromatic rings. The van der Waals surface area contributed by atoms with Gasteiger partial charge in [0.1, 0.15) is 0 Å². The summed E-state index contributed by atoms with van der Waals surface area (Å²) in [5.74, 6) is -1.88. The van der Waals surface area contributed by atoms with Crippen molar-refractivity contribution in [3.63, 3.8) is 0 Å². The van der Waals surface area contributed by atoms with Crippen molar-refractivity contribution in [1.29, 1.82) is 0 Å². The average molecular weight is 259 g/mol. The van der Waals surface area contributed by atoms with Crippen LogP contribution in [-0.2, 0) is 17.4 Å². The summed E-state index contributed by atoms with van der Waals surface area (Å²) < 4.78 is 38.4. The third-order valence-corrected chi connectivity index (χ3v) is 3.33. The van der Waals surface area contributed by atoms with E-state index in [0.29, 0.717) is 5.56 Å². The number of alkyl halides is 3. The summed E-state index contributed by atoms with van der Waals surface area (Å²) in [5, 5.41) is 8.96. The van der Waals surface area contributed by atoms with Crippen LogP contribution < -0.4 is 5.73 Å². The molecule has 3 N–H and O–H groups in total. The quantitative estimate of drug-likeness (QED) is 0.813. The van der Waals surface area contributed by atoms with Crippen molar-refractivity contribution in [3.8, 4) is 0 Å². The maximum Gasteiger partial charge on any atom is 0.416 e. The Morgan fingerprint density at radius 2 is 2.06 bits per heavy atom. The molecule has 0 aromatic heterocycles. The van der Waals surface area contributed by atoms with Crippen LogP contribution in [0.4, 0.5) is 13.2 Å². The van der Waals surface area contributed by atoms with E-state index in [9.17, 15) is 18.0 Å². The largest absolute Gasteiger partial charge is 0.481 e. The first kappa shape index (κ1) is 12.9. The van der Waals surface area contributed by atoms with Crippen molar-refractivity contribution in [1.82, 2.24) is 0 Å². The van der Waals surface area contributed by atoms with Crippen molar-refractivity contribution in [2.24, 2.45) is 11.7 Å². The van der Waals surface area contributed by atoms with Gasteiger partial charge in [0.25, 0.3) is 0 Å². The fourth-order valence-electron chi connectivity index (χ4n) is 2.43. The monoisotopic (exact) mass is 259 g/mol. The minimum atomic E-state index is -4.43. The second-order valence-electron chi connectivity index (χ2n) is 4.38. The summed E-state index contributed by atoms with van der Waals surface area (Å²) in [5.41, 5.74) is 5.48. The zero-order valence-corrected chi connectivity index (χ0v) is 9.37. The number of carbonyl (C=O) groups is 1. The Hall–Kier alpha value is -1.56. The van der Waals surface area contributed by atoms with Crippen LogP contribution in [0.1, 0.15) is 29.2 Å². The molecule has 2 atom stereocenters. The van der Waals surface area contributed by atoms with Gasteiger partial charge in [-0.3, -0.25) is 4.79 Å². The molecule has 1 aliphatic rings. The van der Waals surface area contributed by atoms with Gasteiger partial charge in [0.2, 0.25) is 0 Å². The molecule has 18 heavy (non-hydrogen) atoms. The van der Waals surface area contributed by atoms with Gasteiger partial charge in [-0.1, -0.05) is 12.1 Å². The number of benzene rings is 1. The number of halogens is 3. The van der Waals surface area contributed by atoms with E-state index < -0.39 is 29.7 Å². The SMILES string of the molecule is NC1c2cccc(C(F)(F)F)c2CCC1C(=O)O. The Bertz CT molecular complexity index is 485. The summed E-state index contributed by atoms with van der Waals surface area (Å²) in [4.78, 5) is 11.0. The van der Waals surface area contributed by atoms with Crippen LogP contribution in [-0.4, -0.2) is 11.1 Å². The van der Waals surface area contributed by atoms with E-state index >= 15 is 0 Å². The van der Waals surface area contributed by atoms with Crippen molar-refractivity contribution in [3.05, 3.63) is 34.9 Å². The van der Waals surface area contributed by atoms with Crippen LogP contribution in [0.5, 0.6) is 0 Å². The van der Waals surface area contributed by atoms with Crippen molar-refractivity contribution < 1.29 is 23.1 Å². The van der Waals surface area contributed by atoms with Crippen LogP contribution in [0.15, 0.2) is 18.2 Å². The molecular formula is C12H12F3NO2. The number of aliphatic carboxylic acids is 1. The van der Waals surface area contributed by atoms with Crippen LogP contribution in [0.25, 0.3) is 0 Å². The summed E-state index contributed by atoms with van der Waals surface area (Å²) in [7, 11) is 0. The molecule has 0 heterocycles. The van der Waals surface area contributed by atoms with Crippen molar-refractivity contribution >= 4 is 5.97 Å². The van der Waals surface area contributed by atoms with Gasteiger partial charge in [0.15, 0.2) is 0 Å². The normalized spacial score (nSPS) is 23.6. The van der Waals surface area contributed by atoms with E-state index in [0.717, 1.165) is 6.07 Å². The zero-order chi connectivity index (χ0) is 13.5. The molecule has 6 heteroatoms. The smallest absolute Gasteiger partial charge is 0.416 e. The molecule has 0 spiro atoms. The maximum atomic E-state index is 12.8. The first-order chi connectivity index (χ1) is 8.32. The summed E-state index contributed by atoms with van der Waals surface area (Å²) >= 11 is 0. The van der Waals surface area contributed by atoms with Crippen molar-refractivity contribution in [2.45, 2.75) is 25.1 Å². The lowest BCUT2D eigenvalue weighted by Crippen LogP contribution is -2.33. The van der Waals surface area contributed by atoms with Crippen LogP contribution >= 0.6 is 0 Å². The topological polar surface area (TPSA) is 63.3 Å². The predicted molar refractivity (Wildman–Crippen MR) is 57.8 cm³/mol. The molecule has 0 saturated carbocycles. The maximum absolute atomic E-state index is 12.8. The van der Waals surface area contributed by atoms with E-state index in [1.165, 1.54) is 12.1 Å². The number of nitrogens with two attached hydrogens (primary N) is 1. The Kier molecular flexibility index (Phi) is 3.06. The summed E-state index contributed by atoms with van der Waals surface area (Å²) in [6.07, 6.45) is -4.20. The Balaban J connectivity index is 2.49. The Labute approximate surface area is 101 Å². The van der Waals surface area contributed by atoms with Gasteiger partial charge >= 0.3 is 12.1 Å². The molecular weight excluding hydrogens is 247 g/mol.